The van der Waals surface area contributed by atoms with E-state index in [9.17, 15) is 9.59 Å². The van der Waals surface area contributed by atoms with Gasteiger partial charge in [0.05, 0.1) is 6.20 Å². The molecule has 0 saturated carbocycles. The topological polar surface area (TPSA) is 107 Å². The third-order valence-corrected chi connectivity index (χ3v) is 3.61. The molecule has 28 heavy (non-hydrogen) atoms. The maximum atomic E-state index is 12.0. The number of nitrogens with one attached hydrogen (secondary N) is 3. The van der Waals surface area contributed by atoms with Gasteiger partial charge in [0.15, 0.2) is 0 Å². The number of hydrogen-bond acceptors (Lipinski definition) is 6. The normalized spacial score (nSPS) is 14.6. The number of alkyl carbamates (subject to hydrolysis) is 2. The van der Waals surface area contributed by atoms with Crippen LogP contribution in [0, 0.1) is 0 Å². The van der Waals surface area contributed by atoms with Crippen molar-refractivity contribution in [2.45, 2.75) is 65.7 Å². The standard InChI is InChI=1S/C19H31N5O4/c1-18(2,3)27-16(25)21-10-13(11-22-17(26)28-19(4,5)6)14-12-23-24-9-7-8-20-15(14)24/h10,12,20H,7-9,11H2,1-6H3,(H,21,25)(H,22,26)/b13-10+. The zero-order valence-electron chi connectivity index (χ0n) is 17.5. The molecule has 2 heterocycles. The highest BCUT2D eigenvalue weighted by Gasteiger charge is 2.21. The van der Waals surface area contributed by atoms with E-state index in [1.165, 1.54) is 6.20 Å². The van der Waals surface area contributed by atoms with E-state index in [1.54, 1.807) is 47.7 Å². The summed E-state index contributed by atoms with van der Waals surface area (Å²) < 4.78 is 12.4. The van der Waals surface area contributed by atoms with Crippen molar-refractivity contribution < 1.29 is 19.1 Å². The van der Waals surface area contributed by atoms with Crippen molar-refractivity contribution >= 4 is 23.6 Å². The van der Waals surface area contributed by atoms with Crippen LogP contribution in [0.2, 0.25) is 0 Å². The van der Waals surface area contributed by atoms with Crippen LogP contribution in [0.5, 0.6) is 0 Å². The van der Waals surface area contributed by atoms with Crippen molar-refractivity contribution in [2.75, 3.05) is 18.4 Å². The van der Waals surface area contributed by atoms with E-state index in [2.05, 4.69) is 21.0 Å². The van der Waals surface area contributed by atoms with Gasteiger partial charge >= 0.3 is 12.2 Å². The van der Waals surface area contributed by atoms with Crippen LogP contribution in [0.4, 0.5) is 15.4 Å². The highest BCUT2D eigenvalue weighted by atomic mass is 16.6. The summed E-state index contributed by atoms with van der Waals surface area (Å²) in [5.74, 6) is 0.856. The summed E-state index contributed by atoms with van der Waals surface area (Å²) in [6, 6.07) is 0. The van der Waals surface area contributed by atoms with Crippen molar-refractivity contribution in [1.82, 2.24) is 20.4 Å². The fraction of sp³-hybridized carbons (Fsp3) is 0.632. The third kappa shape index (κ3) is 6.79. The van der Waals surface area contributed by atoms with Crippen LogP contribution >= 0.6 is 0 Å². The number of carbonyl (C=O) groups is 2. The minimum Gasteiger partial charge on any atom is -0.444 e. The number of hydrogen-bond donors (Lipinski definition) is 3. The largest absolute Gasteiger partial charge is 0.444 e. The van der Waals surface area contributed by atoms with E-state index >= 15 is 0 Å². The van der Waals surface area contributed by atoms with Crippen molar-refractivity contribution in [3.8, 4) is 0 Å². The van der Waals surface area contributed by atoms with Crippen molar-refractivity contribution in [3.05, 3.63) is 18.0 Å². The van der Waals surface area contributed by atoms with Gasteiger partial charge in [0, 0.05) is 37.0 Å². The zero-order chi connectivity index (χ0) is 20.9. The Hall–Kier alpha value is -2.71. The summed E-state index contributed by atoms with van der Waals surface area (Å²) in [6.07, 6.45) is 3.12. The molecule has 1 aliphatic heterocycles. The van der Waals surface area contributed by atoms with Crippen molar-refractivity contribution in [3.63, 3.8) is 0 Å². The molecule has 0 spiro atoms. The number of anilines is 1. The lowest BCUT2D eigenvalue weighted by molar-refractivity contribution is 0.0532. The van der Waals surface area contributed by atoms with Crippen LogP contribution in [0.3, 0.4) is 0 Å². The molecule has 0 unspecified atom stereocenters. The number of carbonyl (C=O) groups excluding carboxylic acids is 2. The van der Waals surface area contributed by atoms with Crippen molar-refractivity contribution in [1.29, 1.82) is 0 Å². The number of aromatic nitrogens is 2. The minimum absolute atomic E-state index is 0.158. The van der Waals surface area contributed by atoms with Gasteiger partial charge in [-0.15, -0.1) is 0 Å². The highest BCUT2D eigenvalue weighted by molar-refractivity contribution is 5.80. The third-order valence-electron chi connectivity index (χ3n) is 3.61. The van der Waals surface area contributed by atoms with E-state index in [-0.39, 0.29) is 6.54 Å². The fourth-order valence-corrected chi connectivity index (χ4v) is 2.57. The average Bonchev–Trinajstić information content (AvgIpc) is 2.95. The first-order valence-corrected chi connectivity index (χ1v) is 9.40. The molecule has 9 heteroatoms. The van der Waals surface area contributed by atoms with E-state index in [0.717, 1.165) is 30.9 Å². The first-order chi connectivity index (χ1) is 12.9. The number of rotatable bonds is 4. The summed E-state index contributed by atoms with van der Waals surface area (Å²) in [7, 11) is 0. The summed E-state index contributed by atoms with van der Waals surface area (Å²) in [6.45, 7) is 12.6. The van der Waals surface area contributed by atoms with Crippen LogP contribution in [0.15, 0.2) is 12.4 Å². The molecule has 3 N–H and O–H groups in total. The molecule has 0 aliphatic carbocycles. The summed E-state index contributed by atoms with van der Waals surface area (Å²) in [4.78, 5) is 24.1. The molecule has 0 fully saturated rings. The number of nitrogens with zero attached hydrogens (tertiary/aromatic N) is 2. The van der Waals surface area contributed by atoms with Crippen LogP contribution in [-0.4, -0.2) is 46.3 Å². The monoisotopic (exact) mass is 393 g/mol. The number of aryl methyl sites for hydroxylation is 1. The first-order valence-electron chi connectivity index (χ1n) is 9.40. The van der Waals surface area contributed by atoms with Crippen LogP contribution in [0.25, 0.3) is 5.57 Å². The van der Waals surface area contributed by atoms with E-state index in [4.69, 9.17) is 9.47 Å². The smallest absolute Gasteiger partial charge is 0.411 e. The van der Waals surface area contributed by atoms with Crippen LogP contribution < -0.4 is 16.0 Å². The predicted molar refractivity (Wildman–Crippen MR) is 107 cm³/mol. The Morgan fingerprint density at radius 1 is 1.18 bits per heavy atom. The van der Waals surface area contributed by atoms with Gasteiger partial charge in [-0.25, -0.2) is 14.3 Å². The van der Waals surface area contributed by atoms with Gasteiger partial charge in [0.25, 0.3) is 0 Å². The lowest BCUT2D eigenvalue weighted by Crippen LogP contribution is -2.34. The Kier molecular flexibility index (Phi) is 6.58. The summed E-state index contributed by atoms with van der Waals surface area (Å²) in [5.41, 5.74) is 0.270. The molecule has 0 atom stereocenters. The van der Waals surface area contributed by atoms with Gasteiger partial charge in [-0.3, -0.25) is 5.32 Å². The number of fused-ring (bicyclic) bond motifs is 1. The Balaban J connectivity index is 2.16. The second kappa shape index (κ2) is 8.53. The predicted octanol–water partition coefficient (Wildman–Crippen LogP) is 3.09. The molecule has 0 aromatic carbocycles. The second-order valence-electron chi connectivity index (χ2n) is 8.58. The molecule has 0 bridgehead atoms. The molecular formula is C19H31N5O4. The SMILES string of the molecule is CC(C)(C)OC(=O)N/C=C(\CNC(=O)OC(C)(C)C)c1cnn2c1NCCC2. The highest BCUT2D eigenvalue weighted by Crippen LogP contribution is 2.25. The molecule has 0 saturated heterocycles. The van der Waals surface area contributed by atoms with E-state index in [1.807, 2.05) is 4.68 Å². The van der Waals surface area contributed by atoms with Crippen molar-refractivity contribution in [2.24, 2.45) is 0 Å². The average molecular weight is 393 g/mol. The molecule has 2 amide bonds. The fourth-order valence-electron chi connectivity index (χ4n) is 2.57. The van der Waals surface area contributed by atoms with Crippen LogP contribution in [0.1, 0.15) is 53.5 Å². The molecule has 9 nitrogen and oxygen atoms in total. The lowest BCUT2D eigenvalue weighted by atomic mass is 10.1. The molecule has 2 rings (SSSR count). The van der Waals surface area contributed by atoms with Gasteiger partial charge in [-0.2, -0.15) is 5.10 Å². The van der Waals surface area contributed by atoms with Gasteiger partial charge in [-0.05, 0) is 48.0 Å². The van der Waals surface area contributed by atoms with Gasteiger partial charge < -0.3 is 20.1 Å². The van der Waals surface area contributed by atoms with Gasteiger partial charge in [0.1, 0.15) is 17.0 Å². The molecule has 1 aromatic rings. The molecule has 1 aliphatic rings. The first kappa shape index (κ1) is 21.6. The summed E-state index contributed by atoms with van der Waals surface area (Å²) in [5, 5.41) is 13.0. The molecule has 156 valence electrons. The Morgan fingerprint density at radius 2 is 1.82 bits per heavy atom. The van der Waals surface area contributed by atoms with Crippen LogP contribution in [-0.2, 0) is 16.0 Å². The van der Waals surface area contributed by atoms with E-state index in [0.29, 0.717) is 5.57 Å². The number of ether oxygens (including phenoxy) is 2. The minimum atomic E-state index is -0.606. The van der Waals surface area contributed by atoms with Gasteiger partial charge in [-0.1, -0.05) is 0 Å². The molecule has 0 radical (unpaired) electrons. The van der Waals surface area contributed by atoms with Gasteiger partial charge in [0.2, 0.25) is 0 Å². The zero-order valence-corrected chi connectivity index (χ0v) is 17.5. The van der Waals surface area contributed by atoms with E-state index < -0.39 is 23.4 Å². The lowest BCUT2D eigenvalue weighted by Gasteiger charge is -2.21. The maximum Gasteiger partial charge on any atom is 0.411 e. The Bertz CT molecular complexity index is 740. The quantitative estimate of drug-likeness (QED) is 0.726. The molecule has 1 aromatic heterocycles. The second-order valence-corrected chi connectivity index (χ2v) is 8.58. The Labute approximate surface area is 165 Å². The number of amides is 2. The molecular weight excluding hydrogens is 362 g/mol. The summed E-state index contributed by atoms with van der Waals surface area (Å²) >= 11 is 0. The Morgan fingerprint density at radius 3 is 2.46 bits per heavy atom. The maximum absolute atomic E-state index is 12.0.